The molecule has 0 aromatic carbocycles. The fourth-order valence-electron chi connectivity index (χ4n) is 3.79. The van der Waals surface area contributed by atoms with Crippen LogP contribution in [0.5, 0.6) is 0 Å². The summed E-state index contributed by atoms with van der Waals surface area (Å²) < 4.78 is 2.10. The number of aromatic nitrogens is 4. The van der Waals surface area contributed by atoms with E-state index in [4.69, 9.17) is 0 Å². The zero-order valence-electron chi connectivity index (χ0n) is 14.5. The standard InChI is InChI=1S/C17H22N6O2S/c24-15-8-12(10-22(15)17-18-6-7-26-17)16(25)19-9-14-21-20-11-23(14)13-4-2-1-3-5-13/h6-7,11-13H,1-5,8-10H2,(H,19,25). The van der Waals surface area contributed by atoms with Gasteiger partial charge in [0, 0.05) is 30.6 Å². The number of hydrogen-bond donors (Lipinski definition) is 1. The molecular weight excluding hydrogens is 352 g/mol. The number of carbonyl (C=O) groups is 2. The Hall–Kier alpha value is -2.29. The number of nitrogens with one attached hydrogen (secondary N) is 1. The molecule has 138 valence electrons. The van der Waals surface area contributed by atoms with Gasteiger partial charge in [0.25, 0.3) is 0 Å². The van der Waals surface area contributed by atoms with E-state index >= 15 is 0 Å². The second kappa shape index (κ2) is 7.53. The zero-order valence-corrected chi connectivity index (χ0v) is 15.3. The summed E-state index contributed by atoms with van der Waals surface area (Å²) in [6, 6.07) is 0.430. The molecule has 1 unspecified atom stereocenters. The van der Waals surface area contributed by atoms with Gasteiger partial charge < -0.3 is 9.88 Å². The molecule has 2 aromatic rings. The summed E-state index contributed by atoms with van der Waals surface area (Å²) in [5.74, 6) is 0.268. The molecule has 9 heteroatoms. The second-order valence-corrected chi connectivity index (χ2v) is 7.76. The second-order valence-electron chi connectivity index (χ2n) is 6.88. The number of anilines is 1. The lowest BCUT2D eigenvalue weighted by molar-refractivity contribution is -0.126. The van der Waals surface area contributed by atoms with E-state index in [1.807, 2.05) is 5.38 Å². The molecule has 2 amide bonds. The van der Waals surface area contributed by atoms with Crippen LogP contribution in [0.15, 0.2) is 17.9 Å². The number of thiazole rings is 1. The Kier molecular flexibility index (Phi) is 4.96. The number of nitrogens with zero attached hydrogens (tertiary/aromatic N) is 5. The van der Waals surface area contributed by atoms with Crippen LogP contribution in [-0.2, 0) is 16.1 Å². The maximum Gasteiger partial charge on any atom is 0.229 e. The van der Waals surface area contributed by atoms with Gasteiger partial charge in [0.1, 0.15) is 6.33 Å². The van der Waals surface area contributed by atoms with Crippen molar-refractivity contribution in [2.24, 2.45) is 5.92 Å². The third kappa shape index (κ3) is 3.48. The molecule has 4 rings (SSSR count). The summed E-state index contributed by atoms with van der Waals surface area (Å²) in [6.07, 6.45) is 9.67. The van der Waals surface area contributed by atoms with Crippen molar-refractivity contribution in [2.45, 2.75) is 51.1 Å². The lowest BCUT2D eigenvalue weighted by atomic mass is 9.95. The number of rotatable bonds is 5. The van der Waals surface area contributed by atoms with E-state index in [-0.39, 0.29) is 24.2 Å². The molecule has 1 atom stereocenters. The summed E-state index contributed by atoms with van der Waals surface area (Å²) in [7, 11) is 0. The molecule has 0 spiro atoms. The first kappa shape index (κ1) is 17.1. The Morgan fingerprint density at radius 3 is 2.92 bits per heavy atom. The van der Waals surface area contributed by atoms with E-state index in [1.54, 1.807) is 17.4 Å². The van der Waals surface area contributed by atoms with Gasteiger partial charge in [-0.1, -0.05) is 19.3 Å². The van der Waals surface area contributed by atoms with Gasteiger partial charge in [-0.15, -0.1) is 21.5 Å². The van der Waals surface area contributed by atoms with E-state index in [0.717, 1.165) is 18.7 Å². The van der Waals surface area contributed by atoms with Gasteiger partial charge in [0.05, 0.1) is 12.5 Å². The zero-order chi connectivity index (χ0) is 17.9. The highest BCUT2D eigenvalue weighted by molar-refractivity contribution is 7.13. The fraction of sp³-hybridized carbons (Fsp3) is 0.588. The Labute approximate surface area is 155 Å². The lowest BCUT2D eigenvalue weighted by Gasteiger charge is -2.24. The van der Waals surface area contributed by atoms with E-state index in [1.165, 1.54) is 30.6 Å². The monoisotopic (exact) mass is 374 g/mol. The van der Waals surface area contributed by atoms with Crippen molar-refractivity contribution in [1.82, 2.24) is 25.1 Å². The van der Waals surface area contributed by atoms with Crippen molar-refractivity contribution in [3.05, 3.63) is 23.7 Å². The molecule has 1 aliphatic carbocycles. The van der Waals surface area contributed by atoms with Crippen LogP contribution in [0.4, 0.5) is 5.13 Å². The average molecular weight is 374 g/mol. The minimum atomic E-state index is -0.350. The van der Waals surface area contributed by atoms with Crippen LogP contribution in [0.1, 0.15) is 50.4 Å². The largest absolute Gasteiger partial charge is 0.348 e. The maximum absolute atomic E-state index is 12.5. The molecule has 2 aliphatic rings. The first-order valence-electron chi connectivity index (χ1n) is 9.08. The van der Waals surface area contributed by atoms with Gasteiger partial charge >= 0.3 is 0 Å². The molecule has 1 saturated carbocycles. The van der Waals surface area contributed by atoms with Crippen molar-refractivity contribution in [1.29, 1.82) is 0 Å². The molecule has 8 nitrogen and oxygen atoms in total. The van der Waals surface area contributed by atoms with Gasteiger partial charge in [0.2, 0.25) is 11.8 Å². The molecule has 0 radical (unpaired) electrons. The summed E-state index contributed by atoms with van der Waals surface area (Å²) in [4.78, 5) is 30.5. The molecule has 2 aromatic heterocycles. The van der Waals surface area contributed by atoms with E-state index in [0.29, 0.717) is 24.3 Å². The molecular formula is C17H22N6O2S. The third-order valence-electron chi connectivity index (χ3n) is 5.18. The number of hydrogen-bond acceptors (Lipinski definition) is 6. The van der Waals surface area contributed by atoms with Gasteiger partial charge in [-0.05, 0) is 12.8 Å². The SMILES string of the molecule is O=C(NCc1nncn1C1CCCCC1)C1CC(=O)N(c2nccs2)C1. The van der Waals surface area contributed by atoms with Crippen molar-refractivity contribution in [3.63, 3.8) is 0 Å². The van der Waals surface area contributed by atoms with E-state index < -0.39 is 0 Å². The summed E-state index contributed by atoms with van der Waals surface area (Å²) in [6.45, 7) is 0.727. The Balaban J connectivity index is 1.35. The average Bonchev–Trinajstić information content (AvgIpc) is 3.40. The maximum atomic E-state index is 12.5. The minimum absolute atomic E-state index is 0.0505. The van der Waals surface area contributed by atoms with E-state index in [2.05, 4.69) is 25.1 Å². The molecule has 1 saturated heterocycles. The topological polar surface area (TPSA) is 93.0 Å². The smallest absolute Gasteiger partial charge is 0.229 e. The van der Waals surface area contributed by atoms with Crippen LogP contribution in [0, 0.1) is 5.92 Å². The molecule has 1 aliphatic heterocycles. The van der Waals surface area contributed by atoms with Crippen molar-refractivity contribution in [3.8, 4) is 0 Å². The van der Waals surface area contributed by atoms with Crippen molar-refractivity contribution >= 4 is 28.3 Å². The van der Waals surface area contributed by atoms with Gasteiger partial charge in [0.15, 0.2) is 11.0 Å². The predicted octanol–water partition coefficient (Wildman–Crippen LogP) is 1.91. The fourth-order valence-corrected chi connectivity index (χ4v) is 4.45. The quantitative estimate of drug-likeness (QED) is 0.863. The highest BCUT2D eigenvalue weighted by Gasteiger charge is 2.36. The first-order valence-corrected chi connectivity index (χ1v) is 9.96. The van der Waals surface area contributed by atoms with Crippen LogP contribution >= 0.6 is 11.3 Å². The Morgan fingerprint density at radius 1 is 1.31 bits per heavy atom. The Morgan fingerprint density at radius 2 is 2.15 bits per heavy atom. The lowest BCUT2D eigenvalue weighted by Crippen LogP contribution is -2.33. The summed E-state index contributed by atoms with van der Waals surface area (Å²) in [5, 5.41) is 13.6. The molecule has 0 bridgehead atoms. The summed E-state index contributed by atoms with van der Waals surface area (Å²) in [5.41, 5.74) is 0. The van der Waals surface area contributed by atoms with Crippen molar-refractivity contribution in [2.75, 3.05) is 11.4 Å². The molecule has 1 N–H and O–H groups in total. The van der Waals surface area contributed by atoms with Gasteiger partial charge in [-0.2, -0.15) is 0 Å². The van der Waals surface area contributed by atoms with Crippen LogP contribution in [-0.4, -0.2) is 38.1 Å². The highest BCUT2D eigenvalue weighted by Crippen LogP contribution is 2.29. The Bertz CT molecular complexity index is 768. The van der Waals surface area contributed by atoms with Crippen LogP contribution in [0.25, 0.3) is 0 Å². The van der Waals surface area contributed by atoms with Crippen LogP contribution in [0.3, 0.4) is 0 Å². The number of amides is 2. The summed E-state index contributed by atoms with van der Waals surface area (Å²) >= 11 is 1.41. The first-order chi connectivity index (χ1) is 12.7. The minimum Gasteiger partial charge on any atom is -0.348 e. The van der Waals surface area contributed by atoms with Crippen LogP contribution in [0.2, 0.25) is 0 Å². The number of carbonyl (C=O) groups excluding carboxylic acids is 2. The molecule has 3 heterocycles. The molecule has 26 heavy (non-hydrogen) atoms. The predicted molar refractivity (Wildman–Crippen MR) is 96.6 cm³/mol. The normalized spacial score (nSPS) is 21.3. The van der Waals surface area contributed by atoms with Crippen LogP contribution < -0.4 is 10.2 Å². The molecule has 2 fully saturated rings. The van der Waals surface area contributed by atoms with Gasteiger partial charge in [-0.25, -0.2) is 4.98 Å². The third-order valence-corrected chi connectivity index (χ3v) is 5.98. The van der Waals surface area contributed by atoms with Gasteiger partial charge in [-0.3, -0.25) is 14.5 Å². The van der Waals surface area contributed by atoms with Crippen molar-refractivity contribution < 1.29 is 9.59 Å². The highest BCUT2D eigenvalue weighted by atomic mass is 32.1. The van der Waals surface area contributed by atoms with E-state index in [9.17, 15) is 9.59 Å².